The predicted octanol–water partition coefficient (Wildman–Crippen LogP) is 1.45. The van der Waals surface area contributed by atoms with E-state index < -0.39 is 0 Å². The summed E-state index contributed by atoms with van der Waals surface area (Å²) in [4.78, 5) is 36.6. The number of amides is 4. The van der Waals surface area contributed by atoms with Crippen LogP contribution in [-0.4, -0.2) is 46.5 Å². The number of carbonyl (C=O) groups excluding carboxylic acids is 3. The number of urea groups is 2. The lowest BCUT2D eigenvalue weighted by atomic mass is 9.84. The second kappa shape index (κ2) is 6.43. The normalized spacial score (nSPS) is 27.0. The highest BCUT2D eigenvalue weighted by Gasteiger charge is 2.35. The summed E-state index contributed by atoms with van der Waals surface area (Å²) in [5.74, 6) is 0.410. The first kappa shape index (κ1) is 15.8. The van der Waals surface area contributed by atoms with E-state index in [0.29, 0.717) is 0 Å². The molecule has 0 spiro atoms. The SMILES string of the molecule is CC(=O)C1CCC(NN2CNC(=O)N(C(C)C)C2=O)CC1. The number of nitrogens with zero attached hydrogens (tertiary/aromatic N) is 2. The van der Waals surface area contributed by atoms with Gasteiger partial charge in [-0.05, 0) is 46.5 Å². The van der Waals surface area contributed by atoms with Gasteiger partial charge in [0.05, 0.1) is 0 Å². The minimum Gasteiger partial charge on any atom is -0.318 e. The highest BCUT2D eigenvalue weighted by molar-refractivity contribution is 5.95. The fourth-order valence-corrected chi connectivity index (χ4v) is 2.92. The summed E-state index contributed by atoms with van der Waals surface area (Å²) in [6.07, 6.45) is 3.44. The maximum Gasteiger partial charge on any atom is 0.344 e. The van der Waals surface area contributed by atoms with Crippen molar-refractivity contribution in [3.05, 3.63) is 0 Å². The molecule has 2 N–H and O–H groups in total. The molecule has 21 heavy (non-hydrogen) atoms. The first-order valence-corrected chi connectivity index (χ1v) is 7.55. The van der Waals surface area contributed by atoms with Crippen LogP contribution >= 0.6 is 0 Å². The highest BCUT2D eigenvalue weighted by atomic mass is 16.2. The Kier molecular flexibility index (Phi) is 4.82. The first-order chi connectivity index (χ1) is 9.90. The van der Waals surface area contributed by atoms with Crippen molar-refractivity contribution in [2.24, 2.45) is 5.92 Å². The molecule has 1 saturated carbocycles. The van der Waals surface area contributed by atoms with Gasteiger partial charge in [0.25, 0.3) is 0 Å². The Bertz CT molecular complexity index is 430. The Morgan fingerprint density at radius 3 is 2.38 bits per heavy atom. The van der Waals surface area contributed by atoms with Gasteiger partial charge in [-0.25, -0.2) is 24.9 Å². The summed E-state index contributed by atoms with van der Waals surface area (Å²) in [5.41, 5.74) is 3.19. The Morgan fingerprint density at radius 1 is 1.24 bits per heavy atom. The molecular weight excluding hydrogens is 272 g/mol. The van der Waals surface area contributed by atoms with E-state index in [1.807, 2.05) is 0 Å². The van der Waals surface area contributed by atoms with E-state index in [-0.39, 0.29) is 42.5 Å². The maximum atomic E-state index is 12.3. The molecule has 1 heterocycles. The van der Waals surface area contributed by atoms with E-state index in [1.165, 1.54) is 9.91 Å². The second-order valence-electron chi connectivity index (χ2n) is 6.10. The Balaban J connectivity index is 1.90. The minimum absolute atomic E-state index is 0.159. The van der Waals surface area contributed by atoms with Crippen molar-refractivity contribution in [2.75, 3.05) is 6.67 Å². The third-order valence-corrected chi connectivity index (χ3v) is 4.20. The zero-order valence-electron chi connectivity index (χ0n) is 12.9. The van der Waals surface area contributed by atoms with Crippen molar-refractivity contribution in [1.82, 2.24) is 20.7 Å². The fourth-order valence-electron chi connectivity index (χ4n) is 2.92. The highest BCUT2D eigenvalue weighted by Crippen LogP contribution is 2.25. The van der Waals surface area contributed by atoms with Crippen molar-refractivity contribution >= 4 is 17.8 Å². The number of imide groups is 1. The molecule has 0 bridgehead atoms. The number of hydrogen-bond acceptors (Lipinski definition) is 4. The van der Waals surface area contributed by atoms with Crippen LogP contribution in [0.5, 0.6) is 0 Å². The molecular formula is C14H24N4O3. The zero-order chi connectivity index (χ0) is 15.6. The molecule has 0 aromatic rings. The maximum absolute atomic E-state index is 12.3. The van der Waals surface area contributed by atoms with Crippen molar-refractivity contribution in [3.8, 4) is 0 Å². The van der Waals surface area contributed by atoms with E-state index in [9.17, 15) is 14.4 Å². The van der Waals surface area contributed by atoms with Crippen LogP contribution < -0.4 is 10.7 Å². The molecule has 7 nitrogen and oxygen atoms in total. The molecule has 0 radical (unpaired) electrons. The van der Waals surface area contributed by atoms with Crippen LogP contribution in [0.15, 0.2) is 0 Å². The summed E-state index contributed by atoms with van der Waals surface area (Å²) in [7, 11) is 0. The second-order valence-corrected chi connectivity index (χ2v) is 6.10. The van der Waals surface area contributed by atoms with Crippen LogP contribution in [0.2, 0.25) is 0 Å². The van der Waals surface area contributed by atoms with E-state index in [4.69, 9.17) is 0 Å². The van der Waals surface area contributed by atoms with Gasteiger partial charge < -0.3 is 5.32 Å². The summed E-state index contributed by atoms with van der Waals surface area (Å²) in [5, 5.41) is 4.14. The van der Waals surface area contributed by atoms with Gasteiger partial charge in [0.2, 0.25) is 0 Å². The van der Waals surface area contributed by atoms with Crippen molar-refractivity contribution in [2.45, 2.75) is 58.5 Å². The van der Waals surface area contributed by atoms with Crippen molar-refractivity contribution in [1.29, 1.82) is 0 Å². The van der Waals surface area contributed by atoms with Crippen LogP contribution in [0.25, 0.3) is 0 Å². The summed E-state index contributed by atoms with van der Waals surface area (Å²) in [6, 6.07) is -0.681. The quantitative estimate of drug-likeness (QED) is 0.822. The summed E-state index contributed by atoms with van der Waals surface area (Å²) < 4.78 is 0. The molecule has 0 unspecified atom stereocenters. The topological polar surface area (TPSA) is 81.8 Å². The zero-order valence-corrected chi connectivity index (χ0v) is 12.9. The first-order valence-electron chi connectivity index (χ1n) is 7.55. The van der Waals surface area contributed by atoms with Gasteiger partial charge in [-0.1, -0.05) is 0 Å². The smallest absolute Gasteiger partial charge is 0.318 e. The lowest BCUT2D eigenvalue weighted by molar-refractivity contribution is -0.121. The Morgan fingerprint density at radius 2 is 1.86 bits per heavy atom. The van der Waals surface area contributed by atoms with Gasteiger partial charge in [0, 0.05) is 18.0 Å². The van der Waals surface area contributed by atoms with Crippen LogP contribution in [0.4, 0.5) is 9.59 Å². The summed E-state index contributed by atoms with van der Waals surface area (Å²) >= 11 is 0. The summed E-state index contributed by atoms with van der Waals surface area (Å²) in [6.45, 7) is 5.42. The molecule has 2 rings (SSSR count). The van der Waals surface area contributed by atoms with Crippen LogP contribution in [0, 0.1) is 5.92 Å². The number of hydrazine groups is 1. The van der Waals surface area contributed by atoms with Crippen molar-refractivity contribution in [3.63, 3.8) is 0 Å². The molecule has 2 fully saturated rings. The number of ketones is 1. The van der Waals surface area contributed by atoms with E-state index >= 15 is 0 Å². The third-order valence-electron chi connectivity index (χ3n) is 4.20. The molecule has 1 aliphatic heterocycles. The van der Waals surface area contributed by atoms with E-state index in [0.717, 1.165) is 25.7 Å². The molecule has 1 saturated heterocycles. The average molecular weight is 296 g/mol. The van der Waals surface area contributed by atoms with Crippen molar-refractivity contribution < 1.29 is 14.4 Å². The molecule has 7 heteroatoms. The minimum atomic E-state index is -0.353. The lowest BCUT2D eigenvalue weighted by Gasteiger charge is -2.39. The number of Topliss-reactive ketones (excluding diaryl/α,β-unsaturated/α-hetero) is 1. The largest absolute Gasteiger partial charge is 0.344 e. The third kappa shape index (κ3) is 3.53. The van der Waals surface area contributed by atoms with Gasteiger partial charge in [0.1, 0.15) is 12.5 Å². The van der Waals surface area contributed by atoms with Gasteiger partial charge in [-0.3, -0.25) is 4.79 Å². The fraction of sp³-hybridized carbons (Fsp3) is 0.786. The van der Waals surface area contributed by atoms with Gasteiger partial charge >= 0.3 is 12.1 Å². The number of carbonyl (C=O) groups is 3. The number of nitrogens with one attached hydrogen (secondary N) is 2. The molecule has 118 valence electrons. The Labute approximate surface area is 125 Å². The lowest BCUT2D eigenvalue weighted by Crippen LogP contribution is -2.66. The molecule has 0 aromatic carbocycles. The van der Waals surface area contributed by atoms with E-state index in [1.54, 1.807) is 20.8 Å². The van der Waals surface area contributed by atoms with Crippen LogP contribution in [0.3, 0.4) is 0 Å². The molecule has 1 aliphatic carbocycles. The van der Waals surface area contributed by atoms with E-state index in [2.05, 4.69) is 10.7 Å². The average Bonchev–Trinajstić information content (AvgIpc) is 2.42. The molecule has 0 atom stereocenters. The van der Waals surface area contributed by atoms with Crippen LogP contribution in [-0.2, 0) is 4.79 Å². The van der Waals surface area contributed by atoms with Gasteiger partial charge in [-0.2, -0.15) is 0 Å². The molecule has 0 aromatic heterocycles. The van der Waals surface area contributed by atoms with Crippen LogP contribution in [0.1, 0.15) is 46.5 Å². The molecule has 4 amide bonds. The predicted molar refractivity (Wildman–Crippen MR) is 77.2 cm³/mol. The number of hydrogen-bond donors (Lipinski definition) is 2. The monoisotopic (exact) mass is 296 g/mol. The standard InChI is InChI=1S/C14H24N4O3/c1-9(2)18-13(20)15-8-17(14(18)21)16-12-6-4-11(5-7-12)10(3)19/h9,11-12,16H,4-8H2,1-3H3,(H,15,20). The molecule has 2 aliphatic rings. The van der Waals surface area contributed by atoms with Gasteiger partial charge in [0.15, 0.2) is 0 Å². The van der Waals surface area contributed by atoms with Gasteiger partial charge in [-0.15, -0.1) is 0 Å². The Hall–Kier alpha value is -1.63. The number of rotatable bonds is 4.